The minimum absolute atomic E-state index is 0.384. The third-order valence-electron chi connectivity index (χ3n) is 2.08. The first kappa shape index (κ1) is 14.1. The minimum atomic E-state index is -1.56. The molecule has 0 saturated carbocycles. The van der Waals surface area contributed by atoms with Crippen molar-refractivity contribution in [2.45, 2.75) is 18.3 Å². The van der Waals surface area contributed by atoms with Crippen LogP contribution in [-0.4, -0.2) is 57.9 Å². The van der Waals surface area contributed by atoms with Crippen LogP contribution in [0.1, 0.15) is 9.67 Å². The zero-order valence-electron chi connectivity index (χ0n) is 8.89. The van der Waals surface area contributed by atoms with Crippen molar-refractivity contribution < 1.29 is 30.0 Å². The Balaban J connectivity index is 2.38. The summed E-state index contributed by atoms with van der Waals surface area (Å²) in [5.74, 6) is -0.607. The second-order valence-electron chi connectivity index (χ2n) is 3.38. The third kappa shape index (κ3) is 4.06. The van der Waals surface area contributed by atoms with Gasteiger partial charge >= 0.3 is 5.97 Å². The van der Waals surface area contributed by atoms with Gasteiger partial charge in [0, 0.05) is 0 Å². The molecular weight excluding hydrogens is 248 g/mol. The summed E-state index contributed by atoms with van der Waals surface area (Å²) in [5.41, 5.74) is 0. The molecule has 0 saturated heterocycles. The molecule has 17 heavy (non-hydrogen) atoms. The first-order valence-electron chi connectivity index (χ1n) is 4.92. The Hall–Kier alpha value is -0.990. The minimum Gasteiger partial charge on any atom is -0.459 e. The molecule has 96 valence electrons. The Labute approximate surface area is 102 Å². The van der Waals surface area contributed by atoms with Gasteiger partial charge in [-0.05, 0) is 11.4 Å². The summed E-state index contributed by atoms with van der Waals surface area (Å²) >= 11 is 1.19. The molecule has 0 aliphatic heterocycles. The molecule has 1 aromatic rings. The van der Waals surface area contributed by atoms with Crippen molar-refractivity contribution in [2.24, 2.45) is 0 Å². The lowest BCUT2D eigenvalue weighted by Crippen LogP contribution is -2.42. The maximum absolute atomic E-state index is 11.4. The van der Waals surface area contributed by atoms with Crippen molar-refractivity contribution in [3.05, 3.63) is 22.4 Å². The number of hydrogen-bond acceptors (Lipinski definition) is 7. The molecule has 3 unspecified atom stereocenters. The molecule has 0 spiro atoms. The molecule has 0 radical (unpaired) electrons. The van der Waals surface area contributed by atoms with E-state index in [1.165, 1.54) is 11.3 Å². The largest absolute Gasteiger partial charge is 0.459 e. The highest BCUT2D eigenvalue weighted by atomic mass is 32.1. The van der Waals surface area contributed by atoms with Gasteiger partial charge in [0.05, 0.1) is 6.61 Å². The van der Waals surface area contributed by atoms with Gasteiger partial charge in [-0.1, -0.05) is 6.07 Å². The van der Waals surface area contributed by atoms with Gasteiger partial charge < -0.3 is 25.2 Å². The van der Waals surface area contributed by atoms with E-state index in [2.05, 4.69) is 0 Å². The highest BCUT2D eigenvalue weighted by Gasteiger charge is 2.25. The first-order chi connectivity index (χ1) is 8.06. The lowest BCUT2D eigenvalue weighted by molar-refractivity contribution is -0.0925. The van der Waals surface area contributed by atoms with Crippen LogP contribution in [0.15, 0.2) is 17.5 Å². The van der Waals surface area contributed by atoms with E-state index in [4.69, 9.17) is 14.9 Å². The molecule has 1 rings (SSSR count). The molecule has 0 aromatic carbocycles. The van der Waals surface area contributed by atoms with Gasteiger partial charge in [-0.3, -0.25) is 0 Å². The normalized spacial score (nSPS) is 16.2. The van der Waals surface area contributed by atoms with Gasteiger partial charge in [0.2, 0.25) is 0 Å². The average molecular weight is 262 g/mol. The second-order valence-corrected chi connectivity index (χ2v) is 4.33. The number of aliphatic hydroxyl groups excluding tert-OH is 4. The van der Waals surface area contributed by atoms with Gasteiger partial charge in [0.15, 0.2) is 0 Å². The van der Waals surface area contributed by atoms with Gasteiger partial charge in [-0.25, -0.2) is 4.79 Å². The van der Waals surface area contributed by atoms with Gasteiger partial charge in [0.1, 0.15) is 29.8 Å². The molecular formula is C10H14O6S. The van der Waals surface area contributed by atoms with Crippen molar-refractivity contribution in [2.75, 3.05) is 13.2 Å². The fourth-order valence-corrected chi connectivity index (χ4v) is 1.71. The molecule has 1 aromatic heterocycles. The van der Waals surface area contributed by atoms with Crippen molar-refractivity contribution in [1.82, 2.24) is 0 Å². The van der Waals surface area contributed by atoms with Crippen molar-refractivity contribution in [3.8, 4) is 0 Å². The van der Waals surface area contributed by atoms with Gasteiger partial charge in [0.25, 0.3) is 0 Å². The molecule has 1 heterocycles. The fourth-order valence-electron chi connectivity index (χ4n) is 1.09. The zero-order chi connectivity index (χ0) is 12.8. The Morgan fingerprint density at radius 2 is 2.06 bits per heavy atom. The standard InChI is InChI=1S/C10H14O6S/c11-4-6(12)9(14)7(13)5-16-10(15)8-2-1-3-17-8/h1-3,6-7,9,11-14H,4-5H2. The number of carbonyl (C=O) groups excluding carboxylic acids is 1. The van der Waals surface area contributed by atoms with Crippen molar-refractivity contribution in [1.29, 1.82) is 0 Å². The predicted octanol–water partition coefficient (Wildman–Crippen LogP) is -1.02. The van der Waals surface area contributed by atoms with E-state index in [-0.39, 0.29) is 0 Å². The Morgan fingerprint density at radius 3 is 2.59 bits per heavy atom. The average Bonchev–Trinajstić information content (AvgIpc) is 2.87. The van der Waals surface area contributed by atoms with Crippen molar-refractivity contribution in [3.63, 3.8) is 0 Å². The predicted molar refractivity (Wildman–Crippen MR) is 59.7 cm³/mol. The second kappa shape index (κ2) is 6.67. The number of rotatable bonds is 6. The van der Waals surface area contributed by atoms with E-state index in [9.17, 15) is 15.0 Å². The maximum atomic E-state index is 11.4. The molecule has 0 amide bonds. The number of carbonyl (C=O) groups is 1. The molecule has 4 N–H and O–H groups in total. The topological polar surface area (TPSA) is 107 Å². The van der Waals surface area contributed by atoms with Gasteiger partial charge in [-0.15, -0.1) is 11.3 Å². The van der Waals surface area contributed by atoms with E-state index < -0.39 is 37.5 Å². The summed E-state index contributed by atoms with van der Waals surface area (Å²) < 4.78 is 4.73. The third-order valence-corrected chi connectivity index (χ3v) is 2.93. The zero-order valence-corrected chi connectivity index (χ0v) is 9.71. The van der Waals surface area contributed by atoms with Crippen LogP contribution in [0.25, 0.3) is 0 Å². The Bertz CT molecular complexity index is 339. The van der Waals surface area contributed by atoms with Crippen LogP contribution < -0.4 is 0 Å². The van der Waals surface area contributed by atoms with Crippen LogP contribution in [0.4, 0.5) is 0 Å². The van der Waals surface area contributed by atoms with E-state index in [0.29, 0.717) is 4.88 Å². The van der Waals surface area contributed by atoms with Crippen LogP contribution in [-0.2, 0) is 4.74 Å². The summed E-state index contributed by atoms with van der Waals surface area (Å²) in [4.78, 5) is 11.7. The Morgan fingerprint density at radius 1 is 1.35 bits per heavy atom. The fraction of sp³-hybridized carbons (Fsp3) is 0.500. The number of esters is 1. The highest BCUT2D eigenvalue weighted by molar-refractivity contribution is 7.11. The number of aliphatic hydroxyl groups is 4. The van der Waals surface area contributed by atoms with Gasteiger partial charge in [-0.2, -0.15) is 0 Å². The van der Waals surface area contributed by atoms with Crippen LogP contribution >= 0.6 is 11.3 Å². The monoisotopic (exact) mass is 262 g/mol. The summed E-state index contributed by atoms with van der Waals surface area (Å²) in [7, 11) is 0. The summed E-state index contributed by atoms with van der Waals surface area (Å²) in [6, 6.07) is 3.25. The molecule has 0 aliphatic rings. The molecule has 7 heteroatoms. The smallest absolute Gasteiger partial charge is 0.348 e. The van der Waals surface area contributed by atoms with E-state index in [0.717, 1.165) is 0 Å². The van der Waals surface area contributed by atoms with Crippen molar-refractivity contribution >= 4 is 17.3 Å². The van der Waals surface area contributed by atoms with E-state index >= 15 is 0 Å². The lowest BCUT2D eigenvalue weighted by atomic mass is 10.1. The molecule has 0 bridgehead atoms. The van der Waals surface area contributed by atoms with E-state index in [1.54, 1.807) is 17.5 Å². The summed E-state index contributed by atoms with van der Waals surface area (Å²) in [6.45, 7) is -1.13. The quantitative estimate of drug-likeness (QED) is 0.489. The Kier molecular flexibility index (Phi) is 5.52. The first-order valence-corrected chi connectivity index (χ1v) is 5.80. The van der Waals surface area contributed by atoms with Crippen LogP contribution in [0, 0.1) is 0 Å². The summed E-state index contributed by atoms with van der Waals surface area (Å²) in [6.07, 6.45) is -4.47. The molecule has 6 nitrogen and oxygen atoms in total. The SMILES string of the molecule is O=C(OCC(O)C(O)C(O)CO)c1cccs1. The number of ether oxygens (including phenoxy) is 1. The summed E-state index contributed by atoms with van der Waals surface area (Å²) in [5, 5.41) is 38.0. The highest BCUT2D eigenvalue weighted by Crippen LogP contribution is 2.10. The number of hydrogen-bond donors (Lipinski definition) is 4. The van der Waals surface area contributed by atoms with Crippen LogP contribution in [0.3, 0.4) is 0 Å². The molecule has 0 fully saturated rings. The van der Waals surface area contributed by atoms with E-state index in [1.807, 2.05) is 0 Å². The lowest BCUT2D eigenvalue weighted by Gasteiger charge is -2.20. The molecule has 3 atom stereocenters. The molecule has 0 aliphatic carbocycles. The maximum Gasteiger partial charge on any atom is 0.348 e. The number of thiophene rings is 1. The van der Waals surface area contributed by atoms with Crippen LogP contribution in [0.2, 0.25) is 0 Å². The van der Waals surface area contributed by atoms with Crippen LogP contribution in [0.5, 0.6) is 0 Å².